The van der Waals surface area contributed by atoms with Crippen molar-refractivity contribution in [1.82, 2.24) is 18.8 Å². The van der Waals surface area contributed by atoms with Gasteiger partial charge in [0.05, 0.1) is 27.7 Å². The fourth-order valence-electron chi connectivity index (χ4n) is 8.71. The third-order valence-corrected chi connectivity index (χ3v) is 10.7. The molecule has 11 aromatic rings. The molecule has 0 saturated heterocycles. The van der Waals surface area contributed by atoms with Gasteiger partial charge in [-0.15, -0.1) is 0 Å². The van der Waals surface area contributed by atoms with Gasteiger partial charge in [-0.2, -0.15) is 26.3 Å². The van der Waals surface area contributed by atoms with E-state index in [-0.39, 0.29) is 22.7 Å². The van der Waals surface area contributed by atoms with Gasteiger partial charge in [0, 0.05) is 32.3 Å². The largest absolute Gasteiger partial charge is 0.418 e. The molecule has 0 unspecified atom stereocenters. The van der Waals surface area contributed by atoms with Gasteiger partial charge in [-0.25, -0.2) is 9.97 Å². The highest BCUT2D eigenvalue weighted by Gasteiger charge is 2.40. The molecule has 252 valence electrons. The quantitative estimate of drug-likeness (QED) is 0.0898. The van der Waals surface area contributed by atoms with E-state index in [9.17, 15) is 35.9 Å². The van der Waals surface area contributed by atoms with Crippen molar-refractivity contribution in [2.45, 2.75) is 26.2 Å². The summed E-state index contributed by atoms with van der Waals surface area (Å²) in [4.78, 5) is 37.6. The number of hydrogen-bond donors (Lipinski definition) is 0. The molecule has 0 saturated carbocycles. The summed E-state index contributed by atoms with van der Waals surface area (Å²) in [6.07, 6.45) is -10.3. The molecule has 4 heterocycles. The van der Waals surface area contributed by atoms with Gasteiger partial charge in [0.25, 0.3) is 11.1 Å². The lowest BCUT2D eigenvalue weighted by molar-refractivity contribution is -0.142. The first-order valence-corrected chi connectivity index (χ1v) is 16.2. The molecule has 0 aliphatic rings. The van der Waals surface area contributed by atoms with E-state index in [2.05, 4.69) is 4.98 Å². The van der Waals surface area contributed by atoms with Crippen LogP contribution in [0, 0.1) is 13.8 Å². The van der Waals surface area contributed by atoms with Gasteiger partial charge in [-0.1, -0.05) is 30.3 Å². The van der Waals surface area contributed by atoms with Gasteiger partial charge < -0.3 is 0 Å². The minimum absolute atomic E-state index is 0.0328. The highest BCUT2D eigenvalue weighted by molar-refractivity contribution is 6.40. The van der Waals surface area contributed by atoms with E-state index >= 15 is 0 Å². The van der Waals surface area contributed by atoms with Crippen LogP contribution in [0.3, 0.4) is 0 Å². The Morgan fingerprint density at radius 1 is 0.500 bits per heavy atom. The first kappa shape index (κ1) is 29.4. The van der Waals surface area contributed by atoms with Gasteiger partial charge in [-0.05, 0) is 99.8 Å². The number of pyridine rings is 2. The number of alkyl halides is 6. The summed E-state index contributed by atoms with van der Waals surface area (Å²) in [5, 5.41) is 7.46. The van der Waals surface area contributed by atoms with Crippen LogP contribution >= 0.6 is 0 Å². The number of rotatable bonds is 0. The molecular formula is C40H18F6N4O2. The van der Waals surface area contributed by atoms with E-state index in [4.69, 9.17) is 4.98 Å². The fourth-order valence-corrected chi connectivity index (χ4v) is 8.71. The van der Waals surface area contributed by atoms with Crippen molar-refractivity contribution in [3.8, 4) is 0 Å². The fraction of sp³-hybridized carbons (Fsp3) is 0.100. The van der Waals surface area contributed by atoms with E-state index in [1.165, 1.54) is 0 Å². The van der Waals surface area contributed by atoms with Crippen LogP contribution in [0.4, 0.5) is 26.3 Å². The third kappa shape index (κ3) is 3.37. The van der Waals surface area contributed by atoms with Crippen LogP contribution in [-0.2, 0) is 12.4 Å². The van der Waals surface area contributed by atoms with Crippen molar-refractivity contribution >= 4 is 98.0 Å². The first-order chi connectivity index (χ1) is 24.7. The Balaban J connectivity index is 1.32. The van der Waals surface area contributed by atoms with E-state index in [1.54, 1.807) is 34.7 Å². The monoisotopic (exact) mass is 700 g/mol. The van der Waals surface area contributed by atoms with E-state index in [0.29, 0.717) is 33.3 Å². The van der Waals surface area contributed by atoms with Crippen LogP contribution in [-0.4, -0.2) is 18.8 Å². The lowest BCUT2D eigenvalue weighted by atomic mass is 9.86. The molecule has 4 aromatic heterocycles. The van der Waals surface area contributed by atoms with Crippen molar-refractivity contribution in [3.05, 3.63) is 116 Å². The van der Waals surface area contributed by atoms with Crippen LogP contribution in [0.1, 0.15) is 22.3 Å². The van der Waals surface area contributed by atoms with Crippen LogP contribution in [0.25, 0.3) is 98.0 Å². The number of nitrogens with zero attached hydrogens (tertiary/aromatic N) is 4. The second-order valence-corrected chi connectivity index (χ2v) is 13.6. The summed E-state index contributed by atoms with van der Waals surface area (Å²) in [6.45, 7) is 3.93. The Hall–Kier alpha value is -6.30. The predicted molar refractivity (Wildman–Crippen MR) is 190 cm³/mol. The number of imidazole rings is 2. The molecule has 12 heteroatoms. The molecule has 0 radical (unpaired) electrons. The zero-order valence-corrected chi connectivity index (χ0v) is 26.8. The zero-order chi connectivity index (χ0) is 35.9. The lowest BCUT2D eigenvalue weighted by Crippen LogP contribution is -2.15. The number of fused-ring (bicyclic) bond motifs is 10. The maximum Gasteiger partial charge on any atom is 0.418 e. The predicted octanol–water partition coefficient (Wildman–Crippen LogP) is 9.90. The maximum atomic E-state index is 14.2. The van der Waals surface area contributed by atoms with E-state index in [1.807, 2.05) is 44.2 Å². The number of aromatic nitrogens is 4. The van der Waals surface area contributed by atoms with Crippen molar-refractivity contribution in [1.29, 1.82) is 0 Å². The number of aryl methyl sites for hydroxylation is 2. The third-order valence-electron chi connectivity index (χ3n) is 10.7. The molecule has 0 fully saturated rings. The second-order valence-electron chi connectivity index (χ2n) is 13.6. The van der Waals surface area contributed by atoms with Gasteiger partial charge in [0.2, 0.25) is 0 Å². The highest BCUT2D eigenvalue weighted by Crippen LogP contribution is 2.47. The lowest BCUT2D eigenvalue weighted by Gasteiger charge is -2.18. The number of halogens is 6. The zero-order valence-electron chi connectivity index (χ0n) is 26.8. The Morgan fingerprint density at radius 2 is 0.923 bits per heavy atom. The summed E-state index contributed by atoms with van der Waals surface area (Å²) in [6, 6.07) is 18.8. The Labute approximate surface area is 284 Å². The molecule has 11 rings (SSSR count). The maximum absolute atomic E-state index is 14.2. The molecule has 6 nitrogen and oxygen atoms in total. The first-order valence-electron chi connectivity index (χ1n) is 16.2. The molecule has 0 bridgehead atoms. The summed E-state index contributed by atoms with van der Waals surface area (Å²) < 4.78 is 86.6. The SMILES string of the molecule is Cc1cc(C)c2nc3c4ccc5c6ccc7c(=O)n8c9cc(C(F)(F)F)cc(C(F)(F)F)c9nc8c8ccc(c9ccc(c(=O)n3c2c1)c4c59)c6c78. The smallest absolute Gasteiger partial charge is 0.268 e. The van der Waals surface area contributed by atoms with Gasteiger partial charge >= 0.3 is 12.4 Å². The number of hydrogen-bond acceptors (Lipinski definition) is 4. The average Bonchev–Trinajstić information content (AvgIpc) is 3.67. The van der Waals surface area contributed by atoms with Crippen LogP contribution < -0.4 is 11.1 Å². The summed E-state index contributed by atoms with van der Waals surface area (Å²) >= 11 is 0. The van der Waals surface area contributed by atoms with Crippen molar-refractivity contribution in [2.75, 3.05) is 0 Å². The number of benzene rings is 7. The average molecular weight is 701 g/mol. The topological polar surface area (TPSA) is 68.7 Å². The normalized spacial score (nSPS) is 13.5. The Morgan fingerprint density at radius 3 is 1.40 bits per heavy atom. The van der Waals surface area contributed by atoms with Crippen LogP contribution in [0.2, 0.25) is 0 Å². The molecule has 7 aromatic carbocycles. The molecule has 0 aliphatic carbocycles. The standard InChI is InChI=1S/C40H18F6N4O2/c1-15-11-16(2)33-27(12-15)49-35(47-33)22-7-3-18-21-6-10-25-32-23(8-4-19(30(21)32)20-5-9-24(37(49)51)31(22)29(18)20)36-48-34-26(40(44,45)46)13-17(39(41,42)43)14-28(34)50(36)38(25)52/h3-14H,1-2H3. The van der Waals surface area contributed by atoms with Crippen molar-refractivity contribution < 1.29 is 26.3 Å². The molecule has 0 aliphatic heterocycles. The summed E-state index contributed by atoms with van der Waals surface area (Å²) in [5.41, 5.74) is -1.62. The molecule has 52 heavy (non-hydrogen) atoms. The van der Waals surface area contributed by atoms with E-state index < -0.39 is 40.1 Å². The molecular weight excluding hydrogens is 682 g/mol. The van der Waals surface area contributed by atoms with Crippen LogP contribution in [0.15, 0.2) is 82.4 Å². The summed E-state index contributed by atoms with van der Waals surface area (Å²) in [5.74, 6) is 0. The minimum Gasteiger partial charge on any atom is -0.268 e. The van der Waals surface area contributed by atoms with Crippen molar-refractivity contribution in [3.63, 3.8) is 0 Å². The van der Waals surface area contributed by atoms with Crippen LogP contribution in [0.5, 0.6) is 0 Å². The van der Waals surface area contributed by atoms with E-state index in [0.717, 1.165) is 64.3 Å². The Bertz CT molecular complexity index is 3540. The van der Waals surface area contributed by atoms with Crippen molar-refractivity contribution in [2.24, 2.45) is 0 Å². The van der Waals surface area contributed by atoms with Gasteiger partial charge in [-0.3, -0.25) is 18.4 Å². The second kappa shape index (κ2) is 8.94. The summed E-state index contributed by atoms with van der Waals surface area (Å²) in [7, 11) is 0. The molecule has 0 amide bonds. The molecule has 0 spiro atoms. The molecule has 0 N–H and O–H groups in total. The Kier molecular flexibility index (Phi) is 5.06. The van der Waals surface area contributed by atoms with Gasteiger partial charge in [0.1, 0.15) is 16.8 Å². The molecule has 0 atom stereocenters. The minimum atomic E-state index is -5.17. The van der Waals surface area contributed by atoms with Gasteiger partial charge in [0.15, 0.2) is 0 Å². The highest BCUT2D eigenvalue weighted by atomic mass is 19.4.